The molecule has 2 aliphatic rings. The number of aryl methyl sites for hydroxylation is 1. The van der Waals surface area contributed by atoms with Gasteiger partial charge in [0.2, 0.25) is 5.91 Å². The summed E-state index contributed by atoms with van der Waals surface area (Å²) in [6.45, 7) is 2.64. The van der Waals surface area contributed by atoms with Crippen molar-refractivity contribution in [3.05, 3.63) is 54.1 Å². The Bertz CT molecular complexity index is 1070. The third-order valence-electron chi connectivity index (χ3n) is 7.55. The van der Waals surface area contributed by atoms with Crippen LogP contribution in [0, 0.1) is 5.41 Å². The molecule has 1 spiro atoms. The Morgan fingerprint density at radius 2 is 1.78 bits per heavy atom. The molecule has 198 valence electrons. The number of rotatable bonds is 5. The third-order valence-corrected chi connectivity index (χ3v) is 7.55. The van der Waals surface area contributed by atoms with Crippen molar-refractivity contribution in [2.45, 2.75) is 57.8 Å². The van der Waals surface area contributed by atoms with Crippen LogP contribution in [-0.2, 0) is 16.0 Å². The van der Waals surface area contributed by atoms with Crippen LogP contribution < -0.4 is 4.74 Å². The molecule has 1 fully saturated rings. The summed E-state index contributed by atoms with van der Waals surface area (Å²) in [4.78, 5) is 49.0. The molecule has 4 rings (SSSR count). The average Bonchev–Trinajstić information content (AvgIpc) is 2.91. The van der Waals surface area contributed by atoms with Gasteiger partial charge in [-0.05, 0) is 55.6 Å². The van der Waals surface area contributed by atoms with Gasteiger partial charge in [0, 0.05) is 44.9 Å². The van der Waals surface area contributed by atoms with Crippen LogP contribution in [0.1, 0.15) is 67.4 Å². The Hall–Kier alpha value is -3.49. The lowest BCUT2D eigenvalue weighted by molar-refractivity contribution is -0.137. The van der Waals surface area contributed by atoms with Gasteiger partial charge in [0.25, 0.3) is 5.91 Å². The number of carboxylic acid groups (broad SMARTS) is 1. The summed E-state index contributed by atoms with van der Waals surface area (Å²) in [5.41, 5.74) is 1.40. The number of para-hydroxylation sites is 1. The van der Waals surface area contributed by atoms with Gasteiger partial charge >= 0.3 is 5.97 Å². The molecule has 1 aromatic heterocycles. The number of hydrogen-bond donors (Lipinski definition) is 1. The first kappa shape index (κ1) is 26.6. The first-order chi connectivity index (χ1) is 18.0. The average molecular weight is 509 g/mol. The largest absolute Gasteiger partial charge is 0.491 e. The van der Waals surface area contributed by atoms with E-state index in [0.717, 1.165) is 44.3 Å². The quantitative estimate of drug-likeness (QED) is 0.657. The van der Waals surface area contributed by atoms with Crippen molar-refractivity contribution in [2.24, 2.45) is 5.41 Å². The summed E-state index contributed by atoms with van der Waals surface area (Å²) in [7, 11) is 0. The molecule has 37 heavy (non-hydrogen) atoms. The van der Waals surface area contributed by atoms with Gasteiger partial charge in [-0.1, -0.05) is 24.6 Å². The van der Waals surface area contributed by atoms with Crippen LogP contribution in [0.3, 0.4) is 0 Å². The van der Waals surface area contributed by atoms with E-state index < -0.39 is 5.97 Å². The fraction of sp³-hybridized carbons (Fsp3) is 0.536. The molecular weight excluding hydrogens is 472 g/mol. The smallest absolute Gasteiger partial charge is 0.303 e. The van der Waals surface area contributed by atoms with Crippen LogP contribution in [-0.4, -0.2) is 75.4 Å². The molecule has 0 saturated carbocycles. The van der Waals surface area contributed by atoms with E-state index in [1.54, 1.807) is 6.20 Å². The molecule has 0 bridgehead atoms. The number of benzene rings is 1. The van der Waals surface area contributed by atoms with Crippen LogP contribution in [0.5, 0.6) is 5.75 Å². The molecule has 9 nitrogen and oxygen atoms in total. The normalized spacial score (nSPS) is 18.2. The summed E-state index contributed by atoms with van der Waals surface area (Å²) in [5, 5.41) is 8.86. The SMILES string of the molecule is O=C(O)CCCC(=O)N1CCC2(CCCCc3ccccc3OCCN(C(=O)c3cnccn3)C2)CC1. The number of aromatic nitrogens is 2. The second-order valence-electron chi connectivity index (χ2n) is 10.1. The van der Waals surface area contributed by atoms with Crippen molar-refractivity contribution in [1.82, 2.24) is 19.8 Å². The fourth-order valence-corrected chi connectivity index (χ4v) is 5.43. The lowest BCUT2D eigenvalue weighted by Gasteiger charge is -2.45. The lowest BCUT2D eigenvalue weighted by atomic mass is 9.73. The minimum atomic E-state index is -0.877. The summed E-state index contributed by atoms with van der Waals surface area (Å²) >= 11 is 0. The molecule has 9 heteroatoms. The standard InChI is InChI=1S/C28H36N4O5/c33-25(9-5-10-26(34)35)31-16-12-28(13-17-31)11-4-3-7-22-6-1-2-8-24(22)37-19-18-32(21-28)27(36)23-20-29-14-15-30-23/h1-2,6,8,14-15,20H,3-5,7,9-13,16-19,21H2,(H,34,35). The maximum absolute atomic E-state index is 13.5. The van der Waals surface area contributed by atoms with E-state index in [0.29, 0.717) is 44.9 Å². The number of carbonyl (C=O) groups is 3. The molecule has 2 aliphatic heterocycles. The van der Waals surface area contributed by atoms with E-state index in [1.807, 2.05) is 28.0 Å². The van der Waals surface area contributed by atoms with Crippen LogP contribution in [0.25, 0.3) is 0 Å². The molecule has 2 amide bonds. The van der Waals surface area contributed by atoms with E-state index in [9.17, 15) is 14.4 Å². The van der Waals surface area contributed by atoms with Crippen LogP contribution in [0.2, 0.25) is 0 Å². The second-order valence-corrected chi connectivity index (χ2v) is 10.1. The zero-order valence-electron chi connectivity index (χ0n) is 21.3. The monoisotopic (exact) mass is 508 g/mol. The zero-order valence-corrected chi connectivity index (χ0v) is 21.3. The predicted octanol–water partition coefficient (Wildman–Crippen LogP) is 3.59. The van der Waals surface area contributed by atoms with Gasteiger partial charge in [-0.15, -0.1) is 0 Å². The Balaban J connectivity index is 1.49. The minimum absolute atomic E-state index is 0.00810. The van der Waals surface area contributed by atoms with Crippen molar-refractivity contribution in [3.63, 3.8) is 0 Å². The number of amides is 2. The molecule has 1 N–H and O–H groups in total. The number of carbonyl (C=O) groups excluding carboxylic acids is 2. The molecule has 0 unspecified atom stereocenters. The minimum Gasteiger partial charge on any atom is -0.491 e. The highest BCUT2D eigenvalue weighted by molar-refractivity contribution is 5.92. The van der Waals surface area contributed by atoms with Crippen molar-refractivity contribution in [2.75, 3.05) is 32.8 Å². The third kappa shape index (κ3) is 7.27. The highest BCUT2D eigenvalue weighted by Crippen LogP contribution is 2.39. The van der Waals surface area contributed by atoms with Gasteiger partial charge in [0.05, 0.1) is 12.7 Å². The number of nitrogens with zero attached hydrogens (tertiary/aromatic N) is 4. The number of hydrogen-bond acceptors (Lipinski definition) is 6. The van der Waals surface area contributed by atoms with E-state index in [4.69, 9.17) is 9.84 Å². The van der Waals surface area contributed by atoms with Crippen LogP contribution in [0.4, 0.5) is 0 Å². The second kappa shape index (κ2) is 12.7. The molecule has 2 aromatic rings. The molecule has 3 heterocycles. The summed E-state index contributed by atoms with van der Waals surface area (Å²) in [6.07, 6.45) is 10.8. The first-order valence-corrected chi connectivity index (χ1v) is 13.2. The van der Waals surface area contributed by atoms with Crippen molar-refractivity contribution < 1.29 is 24.2 Å². The van der Waals surface area contributed by atoms with Gasteiger partial charge < -0.3 is 19.6 Å². The van der Waals surface area contributed by atoms with E-state index >= 15 is 0 Å². The Morgan fingerprint density at radius 3 is 2.54 bits per heavy atom. The lowest BCUT2D eigenvalue weighted by Crippen LogP contribution is -2.50. The summed E-state index contributed by atoms with van der Waals surface area (Å²) < 4.78 is 6.13. The van der Waals surface area contributed by atoms with E-state index in [1.165, 1.54) is 18.0 Å². The van der Waals surface area contributed by atoms with Crippen LogP contribution in [0.15, 0.2) is 42.9 Å². The van der Waals surface area contributed by atoms with Crippen LogP contribution >= 0.6 is 0 Å². The Kier molecular flexibility index (Phi) is 9.09. The Labute approximate surface area is 217 Å². The molecule has 0 radical (unpaired) electrons. The predicted molar refractivity (Wildman–Crippen MR) is 137 cm³/mol. The number of fused-ring (bicyclic) bond motifs is 1. The highest BCUT2D eigenvalue weighted by atomic mass is 16.5. The maximum atomic E-state index is 13.5. The highest BCUT2D eigenvalue weighted by Gasteiger charge is 2.38. The number of piperidine rings is 1. The molecule has 1 saturated heterocycles. The summed E-state index contributed by atoms with van der Waals surface area (Å²) in [6, 6.07) is 8.09. The first-order valence-electron chi connectivity index (χ1n) is 13.2. The maximum Gasteiger partial charge on any atom is 0.303 e. The van der Waals surface area contributed by atoms with E-state index in [-0.39, 0.29) is 30.1 Å². The number of ether oxygens (including phenoxy) is 1. The van der Waals surface area contributed by atoms with Crippen molar-refractivity contribution in [1.29, 1.82) is 0 Å². The van der Waals surface area contributed by atoms with Gasteiger partial charge in [-0.2, -0.15) is 0 Å². The molecule has 1 aromatic carbocycles. The number of aliphatic carboxylic acids is 1. The van der Waals surface area contributed by atoms with Gasteiger partial charge in [-0.3, -0.25) is 19.4 Å². The van der Waals surface area contributed by atoms with E-state index in [2.05, 4.69) is 16.0 Å². The van der Waals surface area contributed by atoms with Gasteiger partial charge in [0.1, 0.15) is 18.1 Å². The fourth-order valence-electron chi connectivity index (χ4n) is 5.43. The van der Waals surface area contributed by atoms with Crippen molar-refractivity contribution in [3.8, 4) is 5.75 Å². The van der Waals surface area contributed by atoms with Gasteiger partial charge in [-0.25, -0.2) is 4.98 Å². The van der Waals surface area contributed by atoms with Gasteiger partial charge in [0.15, 0.2) is 0 Å². The topological polar surface area (TPSA) is 113 Å². The molecular formula is C28H36N4O5. The molecule has 0 atom stereocenters. The van der Waals surface area contributed by atoms with Crippen molar-refractivity contribution >= 4 is 17.8 Å². The molecule has 0 aliphatic carbocycles. The number of carboxylic acids is 1. The zero-order chi connectivity index (χ0) is 26.1. The number of likely N-dealkylation sites (tertiary alicyclic amines) is 1. The summed E-state index contributed by atoms with van der Waals surface area (Å²) in [5.74, 6) is -0.146. The Morgan fingerprint density at radius 1 is 0.973 bits per heavy atom.